The summed E-state index contributed by atoms with van der Waals surface area (Å²) in [5.41, 5.74) is 3.78. The molecule has 20 heavy (non-hydrogen) atoms. The molecule has 1 heterocycles. The van der Waals surface area contributed by atoms with Gasteiger partial charge in [0.15, 0.2) is 0 Å². The van der Waals surface area contributed by atoms with Gasteiger partial charge < -0.3 is 9.30 Å². The number of methoxy groups -OCH3 is 1. The van der Waals surface area contributed by atoms with E-state index in [9.17, 15) is 0 Å². The summed E-state index contributed by atoms with van der Waals surface area (Å²) >= 11 is 3.55. The molecule has 0 aliphatic rings. The molecule has 0 aliphatic heterocycles. The van der Waals surface area contributed by atoms with Crippen LogP contribution in [-0.4, -0.2) is 11.7 Å². The molecule has 0 fully saturated rings. The molecule has 1 aromatic carbocycles. The lowest BCUT2D eigenvalue weighted by atomic mass is 10.0. The Morgan fingerprint density at radius 2 is 1.75 bits per heavy atom. The second-order valence-corrected chi connectivity index (χ2v) is 4.79. The molecule has 2 aromatic rings. The van der Waals surface area contributed by atoms with Crippen LogP contribution in [0.2, 0.25) is 0 Å². The van der Waals surface area contributed by atoms with E-state index in [0.29, 0.717) is 5.69 Å². The number of rotatable bonds is 2. The number of halogens is 1. The number of hydrogen-bond acceptors (Lipinski definition) is 2. The molecule has 0 saturated carbocycles. The predicted molar refractivity (Wildman–Crippen MR) is 85.9 cm³/mol. The summed E-state index contributed by atoms with van der Waals surface area (Å²) in [6.07, 6.45) is 0. The van der Waals surface area contributed by atoms with Crippen molar-refractivity contribution in [3.05, 3.63) is 40.1 Å². The molecule has 0 aliphatic carbocycles. The van der Waals surface area contributed by atoms with Gasteiger partial charge in [-0.25, -0.2) is 0 Å². The number of nitriles is 1. The van der Waals surface area contributed by atoms with Crippen molar-refractivity contribution in [3.63, 3.8) is 0 Å². The van der Waals surface area contributed by atoms with E-state index in [-0.39, 0.29) is 0 Å². The molecule has 0 atom stereocenters. The van der Waals surface area contributed by atoms with Crippen LogP contribution in [0.4, 0.5) is 0 Å². The van der Waals surface area contributed by atoms with E-state index >= 15 is 0 Å². The maximum atomic E-state index is 9.15. The summed E-state index contributed by atoms with van der Waals surface area (Å²) in [4.78, 5) is 0. The largest absolute Gasteiger partial charge is 0.497 e. The molecule has 0 unspecified atom stereocenters. The van der Waals surface area contributed by atoms with Gasteiger partial charge in [-0.15, -0.1) is 0 Å². The first-order valence-corrected chi connectivity index (χ1v) is 7.28. The van der Waals surface area contributed by atoms with Crippen LogP contribution in [-0.2, 0) is 7.05 Å². The van der Waals surface area contributed by atoms with E-state index in [4.69, 9.17) is 10.00 Å². The summed E-state index contributed by atoms with van der Waals surface area (Å²) in [6, 6.07) is 10.0. The first-order chi connectivity index (χ1) is 9.60. The van der Waals surface area contributed by atoms with E-state index in [1.54, 1.807) is 7.11 Å². The van der Waals surface area contributed by atoms with Gasteiger partial charge in [0.25, 0.3) is 0 Å². The third-order valence-electron chi connectivity index (χ3n) is 3.05. The number of benzene rings is 1. The average molecular weight is 335 g/mol. The SMILES string of the molecule is CC.COc1ccc(-c2c(C)c(C#N)n(C)c2Br)cc1. The van der Waals surface area contributed by atoms with Crippen molar-refractivity contribution in [2.75, 3.05) is 7.11 Å². The van der Waals surface area contributed by atoms with E-state index in [0.717, 1.165) is 27.0 Å². The van der Waals surface area contributed by atoms with Crippen molar-refractivity contribution < 1.29 is 4.74 Å². The van der Waals surface area contributed by atoms with Gasteiger partial charge in [0, 0.05) is 12.6 Å². The van der Waals surface area contributed by atoms with Crippen molar-refractivity contribution in [2.45, 2.75) is 20.8 Å². The van der Waals surface area contributed by atoms with Crippen molar-refractivity contribution in [1.82, 2.24) is 4.57 Å². The maximum Gasteiger partial charge on any atom is 0.124 e. The molecule has 0 amide bonds. The Labute approximate surface area is 128 Å². The van der Waals surface area contributed by atoms with Crippen LogP contribution in [0.3, 0.4) is 0 Å². The zero-order chi connectivity index (χ0) is 15.3. The van der Waals surface area contributed by atoms with Gasteiger partial charge in [-0.2, -0.15) is 5.26 Å². The summed E-state index contributed by atoms with van der Waals surface area (Å²) in [5.74, 6) is 0.823. The standard InChI is InChI=1S/C14H13BrN2O.C2H6/c1-9-12(8-16)17(2)14(15)13(9)10-4-6-11(18-3)7-5-10;1-2/h4-7H,1-3H3;1-2H3. The van der Waals surface area contributed by atoms with Crippen molar-refractivity contribution >= 4 is 15.9 Å². The van der Waals surface area contributed by atoms with Crippen LogP contribution in [0, 0.1) is 18.3 Å². The highest BCUT2D eigenvalue weighted by Crippen LogP contribution is 2.35. The van der Waals surface area contributed by atoms with Crippen molar-refractivity contribution in [2.24, 2.45) is 7.05 Å². The Bertz CT molecular complexity index is 621. The number of ether oxygens (including phenoxy) is 1. The lowest BCUT2D eigenvalue weighted by Gasteiger charge is -2.04. The zero-order valence-corrected chi connectivity index (χ0v) is 14.1. The smallest absolute Gasteiger partial charge is 0.124 e. The Hall–Kier alpha value is -1.73. The summed E-state index contributed by atoms with van der Waals surface area (Å²) in [7, 11) is 3.52. The Morgan fingerprint density at radius 3 is 2.15 bits per heavy atom. The first kappa shape index (κ1) is 16.3. The van der Waals surface area contributed by atoms with Gasteiger partial charge in [-0.05, 0) is 46.1 Å². The van der Waals surface area contributed by atoms with Gasteiger partial charge >= 0.3 is 0 Å². The highest BCUT2D eigenvalue weighted by Gasteiger charge is 2.17. The molecular weight excluding hydrogens is 316 g/mol. The topological polar surface area (TPSA) is 37.9 Å². The molecule has 0 N–H and O–H groups in total. The fraction of sp³-hybridized carbons (Fsp3) is 0.312. The number of hydrogen-bond donors (Lipinski definition) is 0. The number of nitrogens with zero attached hydrogens (tertiary/aromatic N) is 2. The van der Waals surface area contributed by atoms with Crippen LogP contribution < -0.4 is 4.74 Å². The minimum atomic E-state index is 0.674. The van der Waals surface area contributed by atoms with Crippen LogP contribution in [0.5, 0.6) is 5.75 Å². The number of aromatic nitrogens is 1. The molecule has 0 bridgehead atoms. The van der Waals surface area contributed by atoms with Gasteiger partial charge in [-0.1, -0.05) is 26.0 Å². The van der Waals surface area contributed by atoms with Gasteiger partial charge in [0.1, 0.15) is 17.5 Å². The monoisotopic (exact) mass is 334 g/mol. The summed E-state index contributed by atoms with van der Waals surface area (Å²) in [6.45, 7) is 5.96. The van der Waals surface area contributed by atoms with Crippen LogP contribution in [0.15, 0.2) is 28.9 Å². The average Bonchev–Trinajstić information content (AvgIpc) is 2.71. The second kappa shape index (κ2) is 7.16. The molecule has 0 spiro atoms. The van der Waals surface area contributed by atoms with E-state index in [2.05, 4.69) is 22.0 Å². The molecule has 4 heteroatoms. The third-order valence-corrected chi connectivity index (χ3v) is 3.98. The first-order valence-electron chi connectivity index (χ1n) is 6.49. The fourth-order valence-electron chi connectivity index (χ4n) is 2.04. The molecule has 3 nitrogen and oxygen atoms in total. The second-order valence-electron chi connectivity index (χ2n) is 4.04. The van der Waals surface area contributed by atoms with Crippen molar-refractivity contribution in [3.8, 4) is 22.9 Å². The zero-order valence-electron chi connectivity index (χ0n) is 12.5. The Kier molecular flexibility index (Phi) is 5.84. The lowest BCUT2D eigenvalue weighted by molar-refractivity contribution is 0.415. The highest BCUT2D eigenvalue weighted by molar-refractivity contribution is 9.10. The van der Waals surface area contributed by atoms with Gasteiger partial charge in [0.05, 0.1) is 11.7 Å². The molecule has 0 radical (unpaired) electrons. The molecule has 1 aromatic heterocycles. The molecule has 106 valence electrons. The fourth-order valence-corrected chi connectivity index (χ4v) is 2.75. The maximum absolute atomic E-state index is 9.15. The normalized spacial score (nSPS) is 9.45. The van der Waals surface area contributed by atoms with E-state index < -0.39 is 0 Å². The highest BCUT2D eigenvalue weighted by atomic mass is 79.9. The van der Waals surface area contributed by atoms with Crippen molar-refractivity contribution in [1.29, 1.82) is 5.26 Å². The van der Waals surface area contributed by atoms with E-state index in [1.165, 1.54) is 0 Å². The van der Waals surface area contributed by atoms with Crippen LogP contribution in [0.25, 0.3) is 11.1 Å². The van der Waals surface area contributed by atoms with Crippen LogP contribution in [0.1, 0.15) is 25.1 Å². The minimum absolute atomic E-state index is 0.674. The van der Waals surface area contributed by atoms with E-state index in [1.807, 2.05) is 56.7 Å². The quantitative estimate of drug-likeness (QED) is 0.800. The van der Waals surface area contributed by atoms with Crippen LogP contribution >= 0.6 is 15.9 Å². The molecular formula is C16H19BrN2O. The van der Waals surface area contributed by atoms with Gasteiger partial charge in [0.2, 0.25) is 0 Å². The Morgan fingerprint density at radius 1 is 1.20 bits per heavy atom. The molecule has 0 saturated heterocycles. The lowest BCUT2D eigenvalue weighted by Crippen LogP contribution is -1.91. The summed E-state index contributed by atoms with van der Waals surface area (Å²) < 4.78 is 7.92. The predicted octanol–water partition coefficient (Wildman–Crippen LogP) is 4.67. The minimum Gasteiger partial charge on any atom is -0.497 e. The summed E-state index contributed by atoms with van der Waals surface area (Å²) in [5, 5.41) is 9.15. The third kappa shape index (κ3) is 2.88. The Balaban J connectivity index is 0.000000956. The van der Waals surface area contributed by atoms with Gasteiger partial charge in [-0.3, -0.25) is 0 Å². The molecule has 2 rings (SSSR count).